The van der Waals surface area contributed by atoms with Crippen LogP contribution in [0.4, 0.5) is 0 Å². The minimum absolute atomic E-state index is 0.00807. The number of aryl methyl sites for hydroxylation is 1. The number of likely N-dealkylation sites (tertiary alicyclic amines) is 1. The van der Waals surface area contributed by atoms with Gasteiger partial charge in [0.15, 0.2) is 0 Å². The van der Waals surface area contributed by atoms with Crippen molar-refractivity contribution in [2.24, 2.45) is 0 Å². The normalized spacial score (nSPS) is 19.4. The highest BCUT2D eigenvalue weighted by atomic mass is 35.5. The maximum Gasteiger partial charge on any atom is 0.244 e. The molecule has 2 heterocycles. The van der Waals surface area contributed by atoms with E-state index in [0.29, 0.717) is 5.02 Å². The van der Waals surface area contributed by atoms with E-state index in [4.69, 9.17) is 11.6 Å². The molecule has 0 saturated carbocycles. The molecule has 1 unspecified atom stereocenters. The largest absolute Gasteiger partial charge is 0.351 e. The molecule has 1 aromatic rings. The highest BCUT2D eigenvalue weighted by molar-refractivity contribution is 6.31. The van der Waals surface area contributed by atoms with E-state index in [1.807, 2.05) is 13.8 Å². The topological polar surface area (TPSA) is 50.2 Å². The van der Waals surface area contributed by atoms with E-state index in [-0.39, 0.29) is 18.0 Å². The SMILES string of the molecule is Cc1nn(C(C)C(=O)NC2CCN(C)CC2)cc1Cl. The van der Waals surface area contributed by atoms with E-state index in [0.717, 1.165) is 31.6 Å². The van der Waals surface area contributed by atoms with Crippen molar-refractivity contribution in [1.29, 1.82) is 0 Å². The fraction of sp³-hybridized carbons (Fsp3) is 0.692. The van der Waals surface area contributed by atoms with Crippen molar-refractivity contribution in [2.75, 3.05) is 20.1 Å². The second-order valence-electron chi connectivity index (χ2n) is 5.30. The Bertz CT molecular complexity index is 432. The summed E-state index contributed by atoms with van der Waals surface area (Å²) < 4.78 is 1.63. The number of piperidine rings is 1. The summed E-state index contributed by atoms with van der Waals surface area (Å²) in [5.41, 5.74) is 0.751. The molecule has 0 aromatic carbocycles. The molecule has 1 N–H and O–H groups in total. The molecule has 6 heteroatoms. The number of nitrogens with one attached hydrogen (secondary N) is 1. The highest BCUT2D eigenvalue weighted by Crippen LogP contribution is 2.16. The van der Waals surface area contributed by atoms with E-state index in [2.05, 4.69) is 22.4 Å². The maximum atomic E-state index is 12.2. The van der Waals surface area contributed by atoms with Crippen LogP contribution in [0.15, 0.2) is 6.20 Å². The van der Waals surface area contributed by atoms with Crippen molar-refractivity contribution >= 4 is 17.5 Å². The average molecular weight is 285 g/mol. The highest BCUT2D eigenvalue weighted by Gasteiger charge is 2.22. The number of nitrogens with zero attached hydrogens (tertiary/aromatic N) is 3. The van der Waals surface area contributed by atoms with Crippen LogP contribution in [0.3, 0.4) is 0 Å². The number of hydrogen-bond acceptors (Lipinski definition) is 3. The Morgan fingerprint density at radius 1 is 1.53 bits per heavy atom. The Labute approximate surface area is 118 Å². The van der Waals surface area contributed by atoms with Crippen molar-refractivity contribution in [2.45, 2.75) is 38.8 Å². The molecule has 0 spiro atoms. The van der Waals surface area contributed by atoms with Gasteiger partial charge in [-0.25, -0.2) is 0 Å². The Balaban J connectivity index is 1.92. The molecule has 1 atom stereocenters. The smallest absolute Gasteiger partial charge is 0.244 e. The summed E-state index contributed by atoms with van der Waals surface area (Å²) in [7, 11) is 2.11. The van der Waals surface area contributed by atoms with Gasteiger partial charge >= 0.3 is 0 Å². The molecule has 2 rings (SSSR count). The Kier molecular flexibility index (Phi) is 4.47. The van der Waals surface area contributed by atoms with Gasteiger partial charge in [-0.3, -0.25) is 9.48 Å². The van der Waals surface area contributed by atoms with Crippen LogP contribution in [-0.2, 0) is 4.79 Å². The van der Waals surface area contributed by atoms with Gasteiger partial charge in [-0.2, -0.15) is 5.10 Å². The standard InChI is InChI=1S/C13H21ClN4O/c1-9-12(14)8-18(16-9)10(2)13(19)15-11-4-6-17(3)7-5-11/h8,10-11H,4-7H2,1-3H3,(H,15,19). The zero-order chi connectivity index (χ0) is 14.0. The molecule has 1 aliphatic rings. The van der Waals surface area contributed by atoms with Crippen LogP contribution in [0.1, 0.15) is 31.5 Å². The van der Waals surface area contributed by atoms with Crippen molar-refractivity contribution in [3.63, 3.8) is 0 Å². The molecule has 19 heavy (non-hydrogen) atoms. The first-order chi connectivity index (χ1) is 8.97. The fourth-order valence-electron chi connectivity index (χ4n) is 2.25. The third-order valence-electron chi connectivity index (χ3n) is 3.70. The summed E-state index contributed by atoms with van der Waals surface area (Å²) in [6.45, 7) is 5.74. The monoisotopic (exact) mass is 284 g/mol. The van der Waals surface area contributed by atoms with Crippen molar-refractivity contribution in [1.82, 2.24) is 20.0 Å². The lowest BCUT2D eigenvalue weighted by atomic mass is 10.1. The second-order valence-corrected chi connectivity index (χ2v) is 5.71. The maximum absolute atomic E-state index is 12.2. The van der Waals surface area contributed by atoms with Gasteiger partial charge in [-0.05, 0) is 46.8 Å². The number of halogens is 1. The zero-order valence-electron chi connectivity index (χ0n) is 11.7. The first kappa shape index (κ1) is 14.3. The number of carbonyl (C=O) groups excluding carboxylic acids is 1. The number of aromatic nitrogens is 2. The van der Waals surface area contributed by atoms with Crippen LogP contribution in [0.25, 0.3) is 0 Å². The Morgan fingerprint density at radius 3 is 2.68 bits per heavy atom. The lowest BCUT2D eigenvalue weighted by Crippen LogP contribution is -2.45. The first-order valence-electron chi connectivity index (χ1n) is 6.67. The van der Waals surface area contributed by atoms with Gasteiger partial charge < -0.3 is 10.2 Å². The minimum atomic E-state index is -0.328. The van der Waals surface area contributed by atoms with E-state index < -0.39 is 0 Å². The van der Waals surface area contributed by atoms with Crippen molar-refractivity contribution < 1.29 is 4.79 Å². The molecule has 1 amide bonds. The molecule has 0 radical (unpaired) electrons. The molecule has 1 saturated heterocycles. The van der Waals surface area contributed by atoms with Crippen molar-refractivity contribution in [3.8, 4) is 0 Å². The number of carbonyl (C=O) groups is 1. The van der Waals surface area contributed by atoms with E-state index >= 15 is 0 Å². The molecule has 1 aliphatic heterocycles. The summed E-state index contributed by atoms with van der Waals surface area (Å²) in [4.78, 5) is 14.5. The lowest BCUT2D eigenvalue weighted by Gasteiger charge is -2.30. The van der Waals surface area contributed by atoms with E-state index in [9.17, 15) is 4.79 Å². The van der Waals surface area contributed by atoms with Crippen LogP contribution >= 0.6 is 11.6 Å². The van der Waals surface area contributed by atoms with Crippen LogP contribution in [0.5, 0.6) is 0 Å². The predicted octanol–water partition coefficient (Wildman–Crippen LogP) is 1.62. The molecule has 106 valence electrons. The van der Waals surface area contributed by atoms with Gasteiger partial charge in [0.25, 0.3) is 0 Å². The molecule has 1 aromatic heterocycles. The number of amides is 1. The summed E-state index contributed by atoms with van der Waals surface area (Å²) in [6, 6.07) is -0.0517. The lowest BCUT2D eigenvalue weighted by molar-refractivity contribution is -0.125. The first-order valence-corrected chi connectivity index (χ1v) is 7.05. The number of hydrogen-bond donors (Lipinski definition) is 1. The van der Waals surface area contributed by atoms with E-state index in [1.165, 1.54) is 0 Å². The van der Waals surface area contributed by atoms with Gasteiger partial charge in [0.2, 0.25) is 5.91 Å². The van der Waals surface area contributed by atoms with Crippen LogP contribution < -0.4 is 5.32 Å². The molecule has 1 fully saturated rings. The van der Waals surface area contributed by atoms with Gasteiger partial charge in [-0.1, -0.05) is 11.6 Å². The zero-order valence-corrected chi connectivity index (χ0v) is 12.4. The molecule has 0 aliphatic carbocycles. The second kappa shape index (κ2) is 5.92. The van der Waals surface area contributed by atoms with Gasteiger partial charge in [-0.15, -0.1) is 0 Å². The van der Waals surface area contributed by atoms with Crippen molar-refractivity contribution in [3.05, 3.63) is 16.9 Å². The predicted molar refractivity (Wildman–Crippen MR) is 75.3 cm³/mol. The van der Waals surface area contributed by atoms with Crippen LogP contribution in [-0.4, -0.2) is 46.8 Å². The van der Waals surface area contributed by atoms with Crippen LogP contribution in [0, 0.1) is 6.92 Å². The van der Waals surface area contributed by atoms with Gasteiger partial charge in [0, 0.05) is 12.2 Å². The quantitative estimate of drug-likeness (QED) is 0.918. The summed E-state index contributed by atoms with van der Waals surface area (Å²) in [6.07, 6.45) is 3.72. The number of rotatable bonds is 3. The molecule has 5 nitrogen and oxygen atoms in total. The Morgan fingerprint density at radius 2 is 2.16 bits per heavy atom. The third-order valence-corrected chi connectivity index (χ3v) is 4.07. The molecule has 0 bridgehead atoms. The summed E-state index contributed by atoms with van der Waals surface area (Å²) >= 11 is 5.97. The minimum Gasteiger partial charge on any atom is -0.351 e. The fourth-order valence-corrected chi connectivity index (χ4v) is 2.39. The van der Waals surface area contributed by atoms with Gasteiger partial charge in [0.1, 0.15) is 6.04 Å². The molecular formula is C13H21ClN4O. The average Bonchev–Trinajstić information content (AvgIpc) is 2.71. The summed E-state index contributed by atoms with van der Waals surface area (Å²) in [5.74, 6) is 0.00807. The Hall–Kier alpha value is -1.07. The van der Waals surface area contributed by atoms with Crippen LogP contribution in [0.2, 0.25) is 5.02 Å². The van der Waals surface area contributed by atoms with Gasteiger partial charge in [0.05, 0.1) is 10.7 Å². The molecular weight excluding hydrogens is 264 g/mol. The third kappa shape index (κ3) is 3.48. The summed E-state index contributed by atoms with van der Waals surface area (Å²) in [5, 5.41) is 7.95. The van der Waals surface area contributed by atoms with E-state index in [1.54, 1.807) is 10.9 Å².